The molecule has 1 saturated heterocycles. The molecule has 1 amide bonds. The molecule has 0 radical (unpaired) electrons. The Balaban J connectivity index is 2.35. The van der Waals surface area contributed by atoms with Crippen LogP contribution in [0.4, 0.5) is 5.69 Å². The van der Waals surface area contributed by atoms with Gasteiger partial charge in [0.2, 0.25) is 0 Å². The molecule has 0 bridgehead atoms. The molecule has 0 saturated carbocycles. The van der Waals surface area contributed by atoms with Crippen molar-refractivity contribution in [3.8, 4) is 0 Å². The summed E-state index contributed by atoms with van der Waals surface area (Å²) >= 11 is 11.9. The van der Waals surface area contributed by atoms with Crippen molar-refractivity contribution in [2.45, 2.75) is 32.2 Å². The topological polar surface area (TPSA) is 46.3 Å². The summed E-state index contributed by atoms with van der Waals surface area (Å²) in [5.74, 6) is -0.0405. The lowest BCUT2D eigenvalue weighted by molar-refractivity contribution is 0.0652. The Kier molecular flexibility index (Phi) is 3.47. The van der Waals surface area contributed by atoms with Crippen LogP contribution >= 0.6 is 23.2 Å². The van der Waals surface area contributed by atoms with Crippen molar-refractivity contribution in [2.75, 3.05) is 12.3 Å². The molecule has 98 valence electrons. The van der Waals surface area contributed by atoms with Gasteiger partial charge in [-0.3, -0.25) is 4.79 Å². The van der Waals surface area contributed by atoms with Crippen molar-refractivity contribution in [1.29, 1.82) is 0 Å². The smallest absolute Gasteiger partial charge is 0.254 e. The summed E-state index contributed by atoms with van der Waals surface area (Å²) in [6, 6.07) is 3.17. The zero-order chi connectivity index (χ0) is 13.5. The summed E-state index contributed by atoms with van der Waals surface area (Å²) in [6.45, 7) is 4.91. The monoisotopic (exact) mass is 286 g/mol. The predicted octanol–water partition coefficient (Wildman–Crippen LogP) is 3.59. The van der Waals surface area contributed by atoms with E-state index >= 15 is 0 Å². The predicted molar refractivity (Wildman–Crippen MR) is 75.2 cm³/mol. The second-order valence-corrected chi connectivity index (χ2v) is 6.04. The average molecular weight is 287 g/mol. The highest BCUT2D eigenvalue weighted by Crippen LogP contribution is 2.33. The lowest BCUT2D eigenvalue weighted by Gasteiger charge is -2.31. The Morgan fingerprint density at radius 3 is 2.33 bits per heavy atom. The van der Waals surface area contributed by atoms with Gasteiger partial charge in [0.25, 0.3) is 5.91 Å². The Bertz CT molecular complexity index is 477. The Hall–Kier alpha value is -0.930. The van der Waals surface area contributed by atoms with E-state index in [1.165, 1.54) is 0 Å². The average Bonchev–Trinajstić information content (AvgIpc) is 2.64. The molecular weight excluding hydrogens is 271 g/mol. The molecule has 2 rings (SSSR count). The van der Waals surface area contributed by atoms with Crippen LogP contribution in [0.2, 0.25) is 10.0 Å². The fraction of sp³-hybridized carbons (Fsp3) is 0.462. The van der Waals surface area contributed by atoms with Crippen LogP contribution in [0.25, 0.3) is 0 Å². The number of nitrogen functional groups attached to an aromatic ring is 1. The number of likely N-dealkylation sites (tertiary alicyclic amines) is 1. The fourth-order valence-electron chi connectivity index (χ4n) is 2.35. The SMILES string of the molecule is CC1(C)CCCN1C(=O)c1cc(Cl)c(N)c(Cl)c1. The summed E-state index contributed by atoms with van der Waals surface area (Å²) in [4.78, 5) is 14.3. The van der Waals surface area contributed by atoms with Crippen molar-refractivity contribution in [2.24, 2.45) is 0 Å². The molecule has 0 aliphatic carbocycles. The summed E-state index contributed by atoms with van der Waals surface area (Å²) in [5, 5.41) is 0.644. The van der Waals surface area contributed by atoms with Gasteiger partial charge in [0, 0.05) is 17.6 Å². The third-order valence-electron chi connectivity index (χ3n) is 3.47. The largest absolute Gasteiger partial charge is 0.396 e. The van der Waals surface area contributed by atoms with E-state index in [1.54, 1.807) is 12.1 Å². The van der Waals surface area contributed by atoms with Gasteiger partial charge in [-0.1, -0.05) is 23.2 Å². The molecule has 1 aromatic carbocycles. The molecule has 0 spiro atoms. The van der Waals surface area contributed by atoms with Crippen LogP contribution in [-0.4, -0.2) is 22.9 Å². The highest BCUT2D eigenvalue weighted by Gasteiger charge is 2.35. The van der Waals surface area contributed by atoms with Gasteiger partial charge in [-0.2, -0.15) is 0 Å². The normalized spacial score (nSPS) is 18.1. The molecule has 0 aromatic heterocycles. The molecule has 1 aliphatic heterocycles. The number of carbonyl (C=O) groups is 1. The van der Waals surface area contributed by atoms with Crippen molar-refractivity contribution in [3.63, 3.8) is 0 Å². The van der Waals surface area contributed by atoms with Gasteiger partial charge in [-0.25, -0.2) is 0 Å². The number of benzene rings is 1. The molecule has 1 heterocycles. The second kappa shape index (κ2) is 4.63. The van der Waals surface area contributed by atoms with Gasteiger partial charge in [0.15, 0.2) is 0 Å². The van der Waals surface area contributed by atoms with E-state index in [4.69, 9.17) is 28.9 Å². The molecule has 5 heteroatoms. The van der Waals surface area contributed by atoms with Crippen molar-refractivity contribution in [1.82, 2.24) is 4.90 Å². The molecule has 1 aliphatic rings. The number of carbonyl (C=O) groups excluding carboxylic acids is 1. The Morgan fingerprint density at radius 1 is 1.33 bits per heavy atom. The number of rotatable bonds is 1. The van der Waals surface area contributed by atoms with E-state index in [9.17, 15) is 4.79 Å². The first-order valence-corrected chi connectivity index (χ1v) is 6.65. The van der Waals surface area contributed by atoms with Crippen LogP contribution in [0.3, 0.4) is 0 Å². The first-order chi connectivity index (χ1) is 8.33. The Morgan fingerprint density at radius 2 is 1.89 bits per heavy atom. The molecule has 0 atom stereocenters. The molecule has 0 unspecified atom stereocenters. The lowest BCUT2D eigenvalue weighted by Crippen LogP contribution is -2.42. The highest BCUT2D eigenvalue weighted by atomic mass is 35.5. The molecule has 18 heavy (non-hydrogen) atoms. The third-order valence-corrected chi connectivity index (χ3v) is 4.10. The van der Waals surface area contributed by atoms with Crippen molar-refractivity contribution in [3.05, 3.63) is 27.7 Å². The highest BCUT2D eigenvalue weighted by molar-refractivity contribution is 6.39. The summed E-state index contributed by atoms with van der Waals surface area (Å²) in [5.41, 5.74) is 6.37. The van der Waals surface area contributed by atoms with Crippen LogP contribution in [0.15, 0.2) is 12.1 Å². The number of nitrogens with zero attached hydrogens (tertiary/aromatic N) is 1. The van der Waals surface area contributed by atoms with Gasteiger partial charge >= 0.3 is 0 Å². The summed E-state index contributed by atoms with van der Waals surface area (Å²) < 4.78 is 0. The van der Waals surface area contributed by atoms with Gasteiger partial charge in [0.05, 0.1) is 15.7 Å². The standard InChI is InChI=1S/C13H16Cl2N2O/c1-13(2)4-3-5-17(13)12(18)8-6-9(14)11(16)10(15)7-8/h6-7H,3-5,16H2,1-2H3. The summed E-state index contributed by atoms with van der Waals surface area (Å²) in [7, 11) is 0. The third kappa shape index (κ3) is 2.29. The number of halogens is 2. The van der Waals surface area contributed by atoms with Crippen LogP contribution in [0, 0.1) is 0 Å². The van der Waals surface area contributed by atoms with E-state index in [1.807, 2.05) is 4.90 Å². The van der Waals surface area contributed by atoms with Crippen molar-refractivity contribution < 1.29 is 4.79 Å². The van der Waals surface area contributed by atoms with E-state index in [-0.39, 0.29) is 11.4 Å². The van der Waals surface area contributed by atoms with Crippen LogP contribution < -0.4 is 5.73 Å². The lowest BCUT2D eigenvalue weighted by atomic mass is 10.0. The van der Waals surface area contributed by atoms with E-state index in [0.717, 1.165) is 19.4 Å². The summed E-state index contributed by atoms with van der Waals surface area (Å²) in [6.07, 6.45) is 2.03. The maximum absolute atomic E-state index is 12.4. The minimum Gasteiger partial charge on any atom is -0.396 e. The van der Waals surface area contributed by atoms with E-state index in [2.05, 4.69) is 13.8 Å². The van der Waals surface area contributed by atoms with Crippen LogP contribution in [0.5, 0.6) is 0 Å². The zero-order valence-electron chi connectivity index (χ0n) is 10.5. The second-order valence-electron chi connectivity index (χ2n) is 5.23. The van der Waals surface area contributed by atoms with Crippen molar-refractivity contribution >= 4 is 34.8 Å². The molecule has 1 fully saturated rings. The maximum Gasteiger partial charge on any atom is 0.254 e. The van der Waals surface area contributed by atoms with Gasteiger partial charge in [0.1, 0.15) is 0 Å². The molecule has 2 N–H and O–H groups in total. The van der Waals surface area contributed by atoms with Crippen LogP contribution in [0.1, 0.15) is 37.0 Å². The maximum atomic E-state index is 12.4. The molecular formula is C13H16Cl2N2O. The molecule has 3 nitrogen and oxygen atoms in total. The minimum absolute atomic E-state index is 0.0405. The van der Waals surface area contributed by atoms with Gasteiger partial charge < -0.3 is 10.6 Å². The minimum atomic E-state index is -0.114. The van der Waals surface area contributed by atoms with E-state index < -0.39 is 0 Å². The molecule has 1 aromatic rings. The van der Waals surface area contributed by atoms with Gasteiger partial charge in [-0.05, 0) is 38.8 Å². The zero-order valence-corrected chi connectivity index (χ0v) is 12.0. The number of amides is 1. The number of hydrogen-bond acceptors (Lipinski definition) is 2. The fourth-order valence-corrected chi connectivity index (χ4v) is 2.83. The first-order valence-electron chi connectivity index (χ1n) is 5.89. The van der Waals surface area contributed by atoms with Gasteiger partial charge in [-0.15, -0.1) is 0 Å². The quantitative estimate of drug-likeness (QED) is 0.802. The number of hydrogen-bond donors (Lipinski definition) is 1. The Labute approximate surface area is 117 Å². The number of nitrogens with two attached hydrogens (primary N) is 1. The van der Waals surface area contributed by atoms with E-state index in [0.29, 0.717) is 21.3 Å². The first kappa shape index (κ1) is 13.5. The van der Waals surface area contributed by atoms with Crippen LogP contribution in [-0.2, 0) is 0 Å². The number of anilines is 1.